The first kappa shape index (κ1) is 28.0. The molecule has 4 rings (SSSR count). The second-order valence-corrected chi connectivity index (χ2v) is 15.9. The fraction of sp³-hybridized carbons (Fsp3) is 0.969. The van der Waals surface area contributed by atoms with Crippen LogP contribution in [0.4, 0.5) is 0 Å². The molecule has 0 bridgehead atoms. The third-order valence-corrected chi connectivity index (χ3v) is 13.2. The van der Waals surface area contributed by atoms with E-state index in [1.807, 2.05) is 0 Å². The van der Waals surface area contributed by atoms with Gasteiger partial charge in [0, 0.05) is 9.65 Å². The maximum absolute atomic E-state index is 5.99. The maximum Gasteiger partial charge on any atom is 0.0305 e. The average Bonchev–Trinajstić information content (AvgIpc) is 2.84. The molecule has 0 unspecified atom stereocenters. The topological polar surface area (TPSA) is 0 Å². The molecular weight excluding hydrogens is 544 g/mol. The lowest BCUT2D eigenvalue weighted by Crippen LogP contribution is -2.24. The molecule has 0 aliphatic heterocycles. The van der Waals surface area contributed by atoms with Crippen LogP contribution in [0.15, 0.2) is 0 Å². The summed E-state index contributed by atoms with van der Waals surface area (Å²) in [5, 5.41) is 0. The molecule has 4 fully saturated rings. The monoisotopic (exact) mass is 596 g/mol. The lowest BCUT2D eigenvalue weighted by atomic mass is 9.69. The van der Waals surface area contributed by atoms with E-state index in [-0.39, 0.29) is 4.83 Å². The quantitative estimate of drug-likeness (QED) is 0.232. The van der Waals surface area contributed by atoms with Gasteiger partial charge in [-0.05, 0) is 80.0 Å². The maximum atomic E-state index is 5.99. The van der Waals surface area contributed by atoms with Crippen molar-refractivity contribution in [2.75, 3.05) is 0 Å². The van der Waals surface area contributed by atoms with E-state index in [4.69, 9.17) is 6.92 Å². The van der Waals surface area contributed by atoms with E-state index in [1.54, 1.807) is 70.6 Å². The van der Waals surface area contributed by atoms with Gasteiger partial charge in [-0.3, -0.25) is 0 Å². The van der Waals surface area contributed by atoms with E-state index in [9.17, 15) is 0 Å². The second-order valence-electron chi connectivity index (χ2n) is 13.7. The SMILES string of the molecule is [CH][C@H](Br)[C@H](Br)CC1CCC(CC2CCC(CC3CCC(CC4CCC(C)CC4)CC3)CC2)CC1. The Bertz CT molecular complexity index is 541. The largest absolute Gasteiger partial charge is 0.0878 e. The van der Waals surface area contributed by atoms with Crippen LogP contribution in [-0.4, -0.2) is 9.65 Å². The third-order valence-electron chi connectivity index (χ3n) is 10.9. The minimum atomic E-state index is 0.0982. The Morgan fingerprint density at radius 3 is 1.06 bits per heavy atom. The molecule has 2 atom stereocenters. The summed E-state index contributed by atoms with van der Waals surface area (Å²) in [5.41, 5.74) is 0. The first-order valence-corrected chi connectivity index (χ1v) is 17.3. The summed E-state index contributed by atoms with van der Waals surface area (Å²) < 4.78 is 0. The van der Waals surface area contributed by atoms with Crippen molar-refractivity contribution in [3.05, 3.63) is 6.92 Å². The van der Waals surface area contributed by atoms with Gasteiger partial charge in [0.15, 0.2) is 0 Å². The highest BCUT2D eigenvalue weighted by molar-refractivity contribution is 9.12. The first-order valence-electron chi connectivity index (χ1n) is 15.5. The highest BCUT2D eigenvalue weighted by atomic mass is 79.9. The van der Waals surface area contributed by atoms with Crippen molar-refractivity contribution in [3.63, 3.8) is 0 Å². The zero-order valence-electron chi connectivity index (χ0n) is 22.2. The molecule has 0 amide bonds. The van der Waals surface area contributed by atoms with Crippen molar-refractivity contribution in [1.29, 1.82) is 0 Å². The summed E-state index contributed by atoms with van der Waals surface area (Å²) in [6.07, 6.45) is 30.3. The zero-order valence-corrected chi connectivity index (χ0v) is 25.4. The lowest BCUT2D eigenvalue weighted by Gasteiger charge is -2.37. The Kier molecular flexibility index (Phi) is 11.7. The number of rotatable bonds is 9. The second kappa shape index (κ2) is 14.2. The fourth-order valence-electron chi connectivity index (χ4n) is 8.54. The Hall–Kier alpha value is 0.960. The molecule has 0 spiro atoms. The molecule has 4 saturated carbocycles. The van der Waals surface area contributed by atoms with Gasteiger partial charge >= 0.3 is 0 Å². The van der Waals surface area contributed by atoms with Crippen LogP contribution in [0.3, 0.4) is 0 Å². The molecule has 0 nitrogen and oxygen atoms in total. The Morgan fingerprint density at radius 2 is 0.765 bits per heavy atom. The molecule has 0 N–H and O–H groups in total. The van der Waals surface area contributed by atoms with Gasteiger partial charge in [0.1, 0.15) is 0 Å². The molecule has 0 heterocycles. The highest BCUT2D eigenvalue weighted by Crippen LogP contribution is 2.44. The Balaban J connectivity index is 1.05. The van der Waals surface area contributed by atoms with Gasteiger partial charge in [0.05, 0.1) is 0 Å². The summed E-state index contributed by atoms with van der Waals surface area (Å²) in [4.78, 5) is 0.529. The predicted molar refractivity (Wildman–Crippen MR) is 156 cm³/mol. The molecule has 4 aliphatic rings. The highest BCUT2D eigenvalue weighted by Gasteiger charge is 2.31. The fourth-order valence-corrected chi connectivity index (χ4v) is 9.28. The number of alkyl halides is 2. The van der Waals surface area contributed by atoms with E-state index in [1.165, 1.54) is 57.8 Å². The molecule has 0 aromatic rings. The van der Waals surface area contributed by atoms with E-state index < -0.39 is 0 Å². The van der Waals surface area contributed by atoms with Crippen LogP contribution in [0.1, 0.15) is 135 Å². The normalized spacial score (nSPS) is 41.6. The van der Waals surface area contributed by atoms with E-state index >= 15 is 0 Å². The van der Waals surface area contributed by atoms with Crippen LogP contribution >= 0.6 is 31.9 Å². The summed E-state index contributed by atoms with van der Waals surface area (Å²) >= 11 is 7.30. The summed E-state index contributed by atoms with van der Waals surface area (Å²) in [7, 11) is 0. The average molecular weight is 599 g/mol. The molecule has 2 radical (unpaired) electrons. The van der Waals surface area contributed by atoms with Crippen molar-refractivity contribution in [1.82, 2.24) is 0 Å². The Labute approximate surface area is 230 Å². The number of halogens is 2. The van der Waals surface area contributed by atoms with Gasteiger partial charge in [0.2, 0.25) is 0 Å². The number of hydrogen-bond donors (Lipinski definition) is 0. The molecular formula is C32H54Br2. The van der Waals surface area contributed by atoms with Gasteiger partial charge in [-0.25, -0.2) is 0 Å². The van der Waals surface area contributed by atoms with Crippen LogP contribution in [-0.2, 0) is 0 Å². The van der Waals surface area contributed by atoms with Crippen LogP contribution in [0.25, 0.3) is 0 Å². The first-order chi connectivity index (χ1) is 16.4. The number of hydrogen-bond acceptors (Lipinski definition) is 0. The van der Waals surface area contributed by atoms with Gasteiger partial charge in [-0.2, -0.15) is 0 Å². The molecule has 196 valence electrons. The minimum absolute atomic E-state index is 0.0982. The molecule has 2 heteroatoms. The van der Waals surface area contributed by atoms with Gasteiger partial charge in [0.25, 0.3) is 0 Å². The van der Waals surface area contributed by atoms with E-state index in [2.05, 4.69) is 38.8 Å². The Morgan fingerprint density at radius 1 is 0.500 bits per heavy atom. The van der Waals surface area contributed by atoms with Gasteiger partial charge in [-0.1, -0.05) is 142 Å². The predicted octanol–water partition coefficient (Wildman–Crippen LogP) is 11.0. The van der Waals surface area contributed by atoms with Crippen LogP contribution in [0.2, 0.25) is 0 Å². The van der Waals surface area contributed by atoms with Crippen molar-refractivity contribution in [2.24, 2.45) is 47.3 Å². The van der Waals surface area contributed by atoms with Crippen LogP contribution in [0.5, 0.6) is 0 Å². The van der Waals surface area contributed by atoms with Crippen LogP contribution < -0.4 is 0 Å². The molecule has 4 aliphatic carbocycles. The molecule has 0 aromatic carbocycles. The summed E-state index contributed by atoms with van der Waals surface area (Å²) in [6.45, 7) is 8.45. The van der Waals surface area contributed by atoms with E-state index in [0.717, 1.165) is 47.3 Å². The van der Waals surface area contributed by atoms with Crippen molar-refractivity contribution in [3.8, 4) is 0 Å². The van der Waals surface area contributed by atoms with Crippen molar-refractivity contribution >= 4 is 31.9 Å². The van der Waals surface area contributed by atoms with Crippen molar-refractivity contribution < 1.29 is 0 Å². The van der Waals surface area contributed by atoms with Crippen LogP contribution in [0, 0.1) is 54.3 Å². The van der Waals surface area contributed by atoms with Crippen molar-refractivity contribution in [2.45, 2.75) is 145 Å². The lowest BCUT2D eigenvalue weighted by molar-refractivity contribution is 0.153. The standard InChI is InChI=1S/C32H54Br2/c1-23-3-5-25(6-4-23)19-26-7-9-27(10-8-26)20-28-11-13-29(14-12-28)21-30-15-17-31(18-16-30)22-32(34)24(2)33/h2,23-32H,3-22H2,1H3/t23?,24-,25?,26?,27?,28?,29?,30?,31?,32+/m0/s1. The minimum Gasteiger partial charge on any atom is -0.0878 e. The smallest absolute Gasteiger partial charge is 0.0305 e. The summed E-state index contributed by atoms with van der Waals surface area (Å²) in [5.74, 6) is 8.27. The van der Waals surface area contributed by atoms with E-state index in [0.29, 0.717) is 4.83 Å². The third kappa shape index (κ3) is 9.06. The molecule has 34 heavy (non-hydrogen) atoms. The summed E-state index contributed by atoms with van der Waals surface area (Å²) in [6, 6.07) is 0. The zero-order chi connectivity index (χ0) is 23.9. The van der Waals surface area contributed by atoms with Gasteiger partial charge < -0.3 is 0 Å². The molecule has 0 saturated heterocycles. The molecule has 0 aromatic heterocycles. The van der Waals surface area contributed by atoms with Gasteiger partial charge in [-0.15, -0.1) is 0 Å².